The molecule has 3 aromatic carbocycles. The topological polar surface area (TPSA) is 52.1 Å². The Morgan fingerprint density at radius 1 is 0.793 bits per heavy atom. The van der Waals surface area contributed by atoms with E-state index in [1.807, 2.05) is 60.7 Å². The molecule has 0 saturated heterocycles. The van der Waals surface area contributed by atoms with Crippen molar-refractivity contribution in [3.8, 4) is 17.2 Å². The first-order valence-electron chi connectivity index (χ1n) is 8.94. The number of benzene rings is 3. The van der Waals surface area contributed by atoms with Crippen molar-refractivity contribution in [3.05, 3.63) is 78.4 Å². The molecule has 0 aromatic heterocycles. The van der Waals surface area contributed by atoms with Crippen molar-refractivity contribution in [2.75, 3.05) is 21.3 Å². The molecule has 0 aliphatic rings. The highest BCUT2D eigenvalue weighted by molar-refractivity contribution is 8.20. The molecule has 0 saturated carbocycles. The Hall–Kier alpha value is -2.82. The molecule has 0 fully saturated rings. The number of hydrazone groups is 1. The Morgan fingerprint density at radius 2 is 1.28 bits per heavy atom. The molecular formula is C22H23N2O3PS. The third-order valence-corrected chi connectivity index (χ3v) is 8.34. The number of hydrogen-bond donors (Lipinski definition) is 1. The van der Waals surface area contributed by atoms with Crippen LogP contribution in [0.15, 0.2) is 77.9 Å². The van der Waals surface area contributed by atoms with Crippen LogP contribution in [0.4, 0.5) is 0 Å². The lowest BCUT2D eigenvalue weighted by Gasteiger charge is -2.22. The highest BCUT2D eigenvalue weighted by atomic mass is 32.4. The molecule has 1 N–H and O–H groups in total. The van der Waals surface area contributed by atoms with Crippen molar-refractivity contribution < 1.29 is 14.2 Å². The first kappa shape index (κ1) is 20.9. The van der Waals surface area contributed by atoms with E-state index in [9.17, 15) is 0 Å². The molecular weight excluding hydrogens is 403 g/mol. The van der Waals surface area contributed by atoms with Crippen LogP contribution < -0.4 is 30.0 Å². The Kier molecular flexibility index (Phi) is 6.91. The number of hydrogen-bond acceptors (Lipinski definition) is 5. The number of methoxy groups -OCH3 is 3. The minimum absolute atomic E-state index is 0.597. The third kappa shape index (κ3) is 4.61. The van der Waals surface area contributed by atoms with Crippen molar-refractivity contribution in [2.45, 2.75) is 0 Å². The van der Waals surface area contributed by atoms with Crippen molar-refractivity contribution in [3.63, 3.8) is 0 Å². The van der Waals surface area contributed by atoms with E-state index in [0.717, 1.165) is 10.6 Å². The van der Waals surface area contributed by atoms with Crippen LogP contribution in [0.2, 0.25) is 0 Å². The number of nitrogens with zero attached hydrogens (tertiary/aromatic N) is 1. The molecule has 0 aliphatic heterocycles. The van der Waals surface area contributed by atoms with Crippen LogP contribution >= 0.6 is 6.19 Å². The molecule has 0 spiro atoms. The average Bonchev–Trinajstić information content (AvgIpc) is 2.79. The summed E-state index contributed by atoms with van der Waals surface area (Å²) >= 11 is 6.12. The molecule has 0 heterocycles. The van der Waals surface area contributed by atoms with Crippen molar-refractivity contribution in [1.29, 1.82) is 0 Å². The molecule has 0 unspecified atom stereocenters. The average molecular weight is 426 g/mol. The molecule has 3 rings (SSSR count). The summed E-state index contributed by atoms with van der Waals surface area (Å²) in [5.41, 5.74) is 0.700. The van der Waals surface area contributed by atoms with Gasteiger partial charge in [0.1, 0.15) is 23.4 Å². The van der Waals surface area contributed by atoms with Crippen molar-refractivity contribution in [1.82, 2.24) is 5.20 Å². The number of rotatable bonds is 8. The monoisotopic (exact) mass is 426 g/mol. The van der Waals surface area contributed by atoms with Crippen LogP contribution in [-0.2, 0) is 11.8 Å². The van der Waals surface area contributed by atoms with Gasteiger partial charge in [-0.1, -0.05) is 72.5 Å². The van der Waals surface area contributed by atoms with E-state index in [1.54, 1.807) is 39.7 Å². The minimum Gasteiger partial charge on any atom is -0.496 e. The van der Waals surface area contributed by atoms with Crippen LogP contribution in [0, 0.1) is 0 Å². The normalized spacial score (nSPS) is 11.3. The first-order chi connectivity index (χ1) is 14.1. The van der Waals surface area contributed by atoms with Gasteiger partial charge in [-0.2, -0.15) is 5.10 Å². The van der Waals surface area contributed by atoms with Crippen molar-refractivity contribution in [2.24, 2.45) is 5.10 Å². The Morgan fingerprint density at radius 3 is 1.69 bits per heavy atom. The molecule has 0 radical (unpaired) electrons. The molecule has 0 atom stereocenters. The summed E-state index contributed by atoms with van der Waals surface area (Å²) in [4.78, 5) is 0. The van der Waals surface area contributed by atoms with Gasteiger partial charge < -0.3 is 14.2 Å². The predicted octanol–water partition coefficient (Wildman–Crippen LogP) is 3.68. The summed E-state index contributed by atoms with van der Waals surface area (Å²) in [7, 11) is 4.79. The zero-order chi connectivity index (χ0) is 20.7. The summed E-state index contributed by atoms with van der Waals surface area (Å²) in [6.07, 6.45) is -0.674. The summed E-state index contributed by atoms with van der Waals surface area (Å²) < 4.78 is 16.3. The second-order valence-electron chi connectivity index (χ2n) is 6.08. The summed E-state index contributed by atoms with van der Waals surface area (Å²) in [6, 6.07) is 23.6. The van der Waals surface area contributed by atoms with Gasteiger partial charge in [0.15, 0.2) is 0 Å². The zero-order valence-corrected chi connectivity index (χ0v) is 18.2. The third-order valence-electron chi connectivity index (χ3n) is 4.38. The highest BCUT2D eigenvalue weighted by Gasteiger charge is 2.21. The van der Waals surface area contributed by atoms with Crippen molar-refractivity contribution >= 4 is 34.8 Å². The summed E-state index contributed by atoms with van der Waals surface area (Å²) in [5.74, 6) is 1.83. The van der Waals surface area contributed by atoms with E-state index in [0.29, 0.717) is 22.8 Å². The van der Waals surface area contributed by atoms with Gasteiger partial charge in [0.25, 0.3) is 0 Å². The molecule has 3 aromatic rings. The maximum Gasteiger partial charge on any atom is 0.135 e. The minimum atomic E-state index is -2.34. The van der Waals surface area contributed by atoms with Gasteiger partial charge in [-0.15, -0.1) is 0 Å². The number of nitrogens with one attached hydrogen (secondary N) is 1. The Bertz CT molecular complexity index is 958. The van der Waals surface area contributed by atoms with E-state index < -0.39 is 6.19 Å². The van der Waals surface area contributed by atoms with Gasteiger partial charge in [-0.05, 0) is 0 Å². The van der Waals surface area contributed by atoms with Crippen LogP contribution in [0.3, 0.4) is 0 Å². The SMILES string of the molecule is COc1cc(OC)c(/C=N/NP(=S)(c2ccccc2)c2ccccc2)c(OC)c1. The lowest BCUT2D eigenvalue weighted by molar-refractivity contribution is 0.374. The van der Waals surface area contributed by atoms with Gasteiger partial charge >= 0.3 is 0 Å². The summed E-state index contributed by atoms with van der Waals surface area (Å²) in [5, 5.41) is 9.84. The van der Waals surface area contributed by atoms with Gasteiger partial charge in [0, 0.05) is 22.7 Å². The van der Waals surface area contributed by atoms with E-state index in [-0.39, 0.29) is 0 Å². The summed E-state index contributed by atoms with van der Waals surface area (Å²) in [6.45, 7) is 0. The fourth-order valence-electron chi connectivity index (χ4n) is 2.87. The lowest BCUT2D eigenvalue weighted by Crippen LogP contribution is -2.24. The Labute approximate surface area is 176 Å². The maximum atomic E-state index is 6.12. The molecule has 7 heteroatoms. The smallest absolute Gasteiger partial charge is 0.135 e. The van der Waals surface area contributed by atoms with Gasteiger partial charge in [-0.3, -0.25) is 5.20 Å². The zero-order valence-electron chi connectivity index (χ0n) is 16.5. The van der Waals surface area contributed by atoms with Crippen LogP contribution in [0.5, 0.6) is 17.2 Å². The lowest BCUT2D eigenvalue weighted by atomic mass is 10.2. The molecule has 29 heavy (non-hydrogen) atoms. The quantitative estimate of drug-likeness (QED) is 0.338. The Balaban J connectivity index is 1.99. The molecule has 5 nitrogen and oxygen atoms in total. The molecule has 0 bridgehead atoms. The fourth-order valence-corrected chi connectivity index (χ4v) is 5.68. The van der Waals surface area contributed by atoms with Gasteiger partial charge in [0.05, 0.1) is 33.1 Å². The fraction of sp³-hybridized carbons (Fsp3) is 0.136. The highest BCUT2D eigenvalue weighted by Crippen LogP contribution is 2.39. The van der Waals surface area contributed by atoms with Crippen LogP contribution in [-0.4, -0.2) is 27.5 Å². The molecule has 0 amide bonds. The van der Waals surface area contributed by atoms with Gasteiger partial charge in [0.2, 0.25) is 0 Å². The van der Waals surface area contributed by atoms with E-state index in [1.165, 1.54) is 0 Å². The van der Waals surface area contributed by atoms with E-state index >= 15 is 0 Å². The van der Waals surface area contributed by atoms with E-state index in [2.05, 4.69) is 10.3 Å². The second-order valence-corrected chi connectivity index (χ2v) is 10.2. The standard InChI is InChI=1S/C22H23N2O3PS/c1-25-17-14-21(26-2)20(22(15-17)27-3)16-23-24-28(29,18-10-6-4-7-11-18)19-12-8-5-9-13-19/h4-16H,1-3H3,(H,24,29)/b23-16+. The van der Waals surface area contributed by atoms with Gasteiger partial charge in [-0.25, -0.2) is 0 Å². The predicted molar refractivity (Wildman–Crippen MR) is 123 cm³/mol. The maximum absolute atomic E-state index is 6.12. The second kappa shape index (κ2) is 9.59. The number of ether oxygens (including phenoxy) is 3. The first-order valence-corrected chi connectivity index (χ1v) is 11.7. The van der Waals surface area contributed by atoms with Crippen LogP contribution in [0.1, 0.15) is 5.56 Å². The molecule has 150 valence electrons. The largest absolute Gasteiger partial charge is 0.496 e. The van der Waals surface area contributed by atoms with Crippen LogP contribution in [0.25, 0.3) is 0 Å². The van der Waals surface area contributed by atoms with E-state index in [4.69, 9.17) is 26.0 Å². The molecule has 0 aliphatic carbocycles.